The number of nitrogens with one attached hydrogen (secondary N) is 1. The van der Waals surface area contributed by atoms with Crippen LogP contribution in [0.3, 0.4) is 0 Å². The molecule has 1 N–H and O–H groups in total. The van der Waals surface area contributed by atoms with Crippen molar-refractivity contribution in [3.05, 3.63) is 95.1 Å². The second-order valence-corrected chi connectivity index (χ2v) is 9.46. The molecule has 2 aliphatic rings. The minimum Gasteiger partial charge on any atom is -0.497 e. The minimum atomic E-state index is -0.564. The maximum atomic E-state index is 13.5. The van der Waals surface area contributed by atoms with Gasteiger partial charge in [0.05, 0.1) is 24.4 Å². The molecule has 2 heterocycles. The van der Waals surface area contributed by atoms with E-state index in [0.717, 1.165) is 16.9 Å². The Morgan fingerprint density at radius 2 is 1.58 bits per heavy atom. The molecular weight excluding hydrogens is 454 g/mol. The highest BCUT2D eigenvalue weighted by Crippen LogP contribution is 2.45. The quantitative estimate of drug-likeness (QED) is 0.528. The summed E-state index contributed by atoms with van der Waals surface area (Å²) < 4.78 is 5.25. The van der Waals surface area contributed by atoms with E-state index in [2.05, 4.69) is 19.2 Å². The maximum Gasteiger partial charge on any atom is 0.260 e. The van der Waals surface area contributed by atoms with E-state index in [4.69, 9.17) is 4.74 Å². The number of carbonyl (C=O) groups excluding carboxylic acids is 3. The maximum absolute atomic E-state index is 13.5. The third-order valence-corrected chi connectivity index (χ3v) is 6.92. The zero-order valence-electron chi connectivity index (χ0n) is 20.6. The van der Waals surface area contributed by atoms with Crippen LogP contribution in [0.4, 0.5) is 5.69 Å². The monoisotopic (exact) mass is 483 g/mol. The van der Waals surface area contributed by atoms with Gasteiger partial charge in [-0.3, -0.25) is 19.3 Å². The molecule has 3 aromatic carbocycles. The summed E-state index contributed by atoms with van der Waals surface area (Å²) in [5, 5.41) is 3.13. The van der Waals surface area contributed by atoms with Crippen LogP contribution >= 0.6 is 0 Å². The molecule has 0 spiro atoms. The number of ether oxygens (including phenoxy) is 1. The second-order valence-electron chi connectivity index (χ2n) is 9.46. The van der Waals surface area contributed by atoms with Crippen molar-refractivity contribution in [1.29, 1.82) is 0 Å². The largest absolute Gasteiger partial charge is 0.497 e. The van der Waals surface area contributed by atoms with Crippen LogP contribution in [0.2, 0.25) is 0 Å². The van der Waals surface area contributed by atoms with Gasteiger partial charge in [-0.15, -0.1) is 0 Å². The van der Waals surface area contributed by atoms with Gasteiger partial charge in [-0.2, -0.15) is 0 Å². The van der Waals surface area contributed by atoms with Crippen molar-refractivity contribution in [2.24, 2.45) is 5.92 Å². The van der Waals surface area contributed by atoms with Crippen LogP contribution in [0.5, 0.6) is 5.75 Å². The number of amides is 3. The Morgan fingerprint density at radius 3 is 2.28 bits per heavy atom. The number of fused-ring (bicyclic) bond motifs is 5. The zero-order valence-corrected chi connectivity index (χ0v) is 20.6. The van der Waals surface area contributed by atoms with E-state index in [1.807, 2.05) is 48.5 Å². The fraction of sp³-hybridized carbons (Fsp3) is 0.276. The molecule has 0 saturated heterocycles. The fourth-order valence-corrected chi connectivity index (χ4v) is 5.11. The molecule has 5 rings (SSSR count). The van der Waals surface area contributed by atoms with Gasteiger partial charge in [0.25, 0.3) is 11.8 Å². The number of anilines is 1. The Kier molecular flexibility index (Phi) is 6.22. The van der Waals surface area contributed by atoms with Crippen molar-refractivity contribution in [3.8, 4) is 5.75 Å². The lowest BCUT2D eigenvalue weighted by atomic mass is 9.95. The summed E-state index contributed by atoms with van der Waals surface area (Å²) >= 11 is 0. The third kappa shape index (κ3) is 4.00. The number of carbonyl (C=O) groups is 3. The van der Waals surface area contributed by atoms with Crippen molar-refractivity contribution >= 4 is 23.4 Å². The second kappa shape index (κ2) is 9.49. The highest BCUT2D eigenvalue weighted by molar-refractivity contribution is 6.16. The average Bonchev–Trinajstić information content (AvgIpc) is 3.19. The highest BCUT2D eigenvalue weighted by atomic mass is 16.5. The fourth-order valence-electron chi connectivity index (χ4n) is 5.11. The molecule has 7 heteroatoms. The first-order valence-electron chi connectivity index (χ1n) is 12.2. The Balaban J connectivity index is 1.38. The van der Waals surface area contributed by atoms with Gasteiger partial charge < -0.3 is 15.0 Å². The summed E-state index contributed by atoms with van der Waals surface area (Å²) in [6.45, 7) is 4.30. The van der Waals surface area contributed by atoms with Crippen LogP contribution in [0, 0.1) is 5.92 Å². The molecule has 2 aliphatic heterocycles. The Morgan fingerprint density at radius 1 is 0.917 bits per heavy atom. The molecule has 3 aromatic rings. The lowest BCUT2D eigenvalue weighted by molar-refractivity contribution is -0.122. The van der Waals surface area contributed by atoms with Gasteiger partial charge >= 0.3 is 0 Å². The highest BCUT2D eigenvalue weighted by Gasteiger charge is 2.47. The zero-order chi connectivity index (χ0) is 25.4. The molecule has 0 bridgehead atoms. The van der Waals surface area contributed by atoms with Gasteiger partial charge in [0.1, 0.15) is 11.9 Å². The van der Waals surface area contributed by atoms with Crippen molar-refractivity contribution in [1.82, 2.24) is 10.2 Å². The van der Waals surface area contributed by atoms with E-state index >= 15 is 0 Å². The standard InChI is InChI=1S/C29H29N3O4/c1-18(2)26(19-12-14-20(36-3)15-13-19)30-25(33)16-17-31-27-21-8-4-5-9-22(21)29(35)32(27)24-11-7-6-10-23(24)28(31)34/h4-15,18,26-27H,16-17H2,1-3H3,(H,30,33)/t26-,27-/m1/s1. The number of hydrogen-bond acceptors (Lipinski definition) is 4. The SMILES string of the molecule is COc1ccc([C@H](NC(=O)CCN2C(=O)c3ccccc3N3C(=O)c4ccccc4[C@H]23)C(C)C)cc1. The van der Waals surface area contributed by atoms with E-state index in [-0.39, 0.29) is 42.6 Å². The lowest BCUT2D eigenvalue weighted by Gasteiger charge is -2.41. The first-order valence-corrected chi connectivity index (χ1v) is 12.2. The van der Waals surface area contributed by atoms with Gasteiger partial charge in [-0.1, -0.05) is 56.3 Å². The third-order valence-electron chi connectivity index (χ3n) is 6.92. The predicted molar refractivity (Wildman–Crippen MR) is 137 cm³/mol. The Bertz CT molecular complexity index is 1320. The molecule has 0 unspecified atom stereocenters. The minimum absolute atomic E-state index is 0.119. The van der Waals surface area contributed by atoms with E-state index in [0.29, 0.717) is 16.8 Å². The molecule has 0 aromatic heterocycles. The molecule has 0 saturated carbocycles. The van der Waals surface area contributed by atoms with Crippen LogP contribution in [0.15, 0.2) is 72.8 Å². The van der Waals surface area contributed by atoms with Crippen LogP contribution in [-0.2, 0) is 4.79 Å². The molecule has 36 heavy (non-hydrogen) atoms. The van der Waals surface area contributed by atoms with Crippen molar-refractivity contribution in [2.75, 3.05) is 18.6 Å². The van der Waals surface area contributed by atoms with Crippen molar-refractivity contribution in [3.63, 3.8) is 0 Å². The first-order chi connectivity index (χ1) is 17.4. The van der Waals surface area contributed by atoms with Gasteiger partial charge in [0.15, 0.2) is 0 Å². The van der Waals surface area contributed by atoms with Crippen LogP contribution < -0.4 is 15.0 Å². The number of para-hydroxylation sites is 1. The summed E-state index contributed by atoms with van der Waals surface area (Å²) in [4.78, 5) is 43.3. The van der Waals surface area contributed by atoms with Crippen LogP contribution in [0.1, 0.15) is 64.3 Å². The van der Waals surface area contributed by atoms with Gasteiger partial charge in [-0.05, 0) is 41.8 Å². The van der Waals surface area contributed by atoms with Gasteiger partial charge in [0.2, 0.25) is 5.91 Å². The summed E-state index contributed by atoms with van der Waals surface area (Å²) in [7, 11) is 1.62. The first kappa shape index (κ1) is 23.6. The normalized spacial score (nSPS) is 16.9. The van der Waals surface area contributed by atoms with E-state index in [1.165, 1.54) is 0 Å². The number of nitrogens with zero attached hydrogens (tertiary/aromatic N) is 2. The predicted octanol–water partition coefficient (Wildman–Crippen LogP) is 4.71. The topological polar surface area (TPSA) is 79.0 Å². The Hall–Kier alpha value is -4.13. The van der Waals surface area contributed by atoms with Crippen molar-refractivity contribution in [2.45, 2.75) is 32.5 Å². The van der Waals surface area contributed by atoms with Gasteiger partial charge in [0, 0.05) is 24.1 Å². The molecule has 0 aliphatic carbocycles. The lowest BCUT2D eigenvalue weighted by Crippen LogP contribution is -2.49. The number of benzene rings is 3. The molecule has 184 valence electrons. The summed E-state index contributed by atoms with van der Waals surface area (Å²) in [6.07, 6.45) is -0.445. The van der Waals surface area contributed by atoms with Gasteiger partial charge in [-0.25, -0.2) is 0 Å². The molecule has 3 amide bonds. The molecule has 0 radical (unpaired) electrons. The van der Waals surface area contributed by atoms with E-state index in [9.17, 15) is 14.4 Å². The number of hydrogen-bond donors (Lipinski definition) is 1. The summed E-state index contributed by atoms with van der Waals surface area (Å²) in [6, 6.07) is 22.0. The van der Waals surface area contributed by atoms with Crippen molar-refractivity contribution < 1.29 is 19.1 Å². The summed E-state index contributed by atoms with van der Waals surface area (Å²) in [5.41, 5.74) is 3.43. The summed E-state index contributed by atoms with van der Waals surface area (Å²) in [5.74, 6) is 0.456. The molecular formula is C29H29N3O4. The van der Waals surface area contributed by atoms with Crippen LogP contribution in [0.25, 0.3) is 0 Å². The smallest absolute Gasteiger partial charge is 0.260 e. The molecule has 7 nitrogen and oxygen atoms in total. The average molecular weight is 484 g/mol. The molecule has 0 fully saturated rings. The van der Waals surface area contributed by atoms with E-state index in [1.54, 1.807) is 41.2 Å². The molecule has 2 atom stereocenters. The Labute approximate surface area is 210 Å². The number of methoxy groups -OCH3 is 1. The van der Waals surface area contributed by atoms with E-state index < -0.39 is 6.17 Å². The van der Waals surface area contributed by atoms with Crippen LogP contribution in [-0.4, -0.2) is 36.3 Å². The number of rotatable bonds is 7.